The molecule has 5 heteroatoms. The maximum Gasteiger partial charge on any atom is 0.149 e. The fourth-order valence-electron chi connectivity index (χ4n) is 2.90. The molecule has 3 heterocycles. The minimum Gasteiger partial charge on any atom is -0.472 e. The molecule has 2 aromatic rings. The number of nitrogens with zero attached hydrogens (tertiary/aromatic N) is 3. The largest absolute Gasteiger partial charge is 0.472 e. The highest BCUT2D eigenvalue weighted by molar-refractivity contribution is 5.11. The van der Waals surface area contributed by atoms with Crippen LogP contribution in [0, 0.1) is 0 Å². The van der Waals surface area contributed by atoms with Crippen molar-refractivity contribution in [2.75, 3.05) is 0 Å². The molecule has 0 saturated carbocycles. The van der Waals surface area contributed by atoms with Crippen molar-refractivity contribution in [2.24, 2.45) is 0 Å². The van der Waals surface area contributed by atoms with Gasteiger partial charge in [-0.25, -0.2) is 0 Å². The summed E-state index contributed by atoms with van der Waals surface area (Å²) in [7, 11) is 0. The van der Waals surface area contributed by atoms with Crippen LogP contribution in [0.3, 0.4) is 0 Å². The summed E-state index contributed by atoms with van der Waals surface area (Å²) in [6, 6.07) is 2.41. The van der Waals surface area contributed by atoms with Crippen molar-refractivity contribution in [3.63, 3.8) is 0 Å². The van der Waals surface area contributed by atoms with E-state index in [1.165, 1.54) is 19.3 Å². The predicted octanol–water partition coefficient (Wildman–Crippen LogP) is 3.01. The van der Waals surface area contributed by atoms with Crippen molar-refractivity contribution in [2.45, 2.75) is 58.2 Å². The number of furan rings is 1. The summed E-state index contributed by atoms with van der Waals surface area (Å²) < 4.78 is 7.44. The number of hydrogen-bond donors (Lipinski definition) is 1. The summed E-state index contributed by atoms with van der Waals surface area (Å²) in [5, 5.41) is 12.3. The summed E-state index contributed by atoms with van der Waals surface area (Å²) in [6.07, 6.45) is 8.29. The Balaban J connectivity index is 1.74. The third kappa shape index (κ3) is 2.63. The SMILES string of the molecule is CC(NC(C)c1nnc2n1CCCCC2)c1ccoc1. The van der Waals surface area contributed by atoms with Gasteiger partial charge in [0.05, 0.1) is 18.6 Å². The zero-order chi connectivity index (χ0) is 13.9. The smallest absolute Gasteiger partial charge is 0.149 e. The van der Waals surface area contributed by atoms with Crippen LogP contribution < -0.4 is 5.32 Å². The maximum absolute atomic E-state index is 5.14. The maximum atomic E-state index is 5.14. The summed E-state index contributed by atoms with van der Waals surface area (Å²) >= 11 is 0. The number of fused-ring (bicyclic) bond motifs is 1. The van der Waals surface area contributed by atoms with Crippen molar-refractivity contribution in [1.29, 1.82) is 0 Å². The van der Waals surface area contributed by atoms with Crippen molar-refractivity contribution in [3.8, 4) is 0 Å². The van der Waals surface area contributed by atoms with Gasteiger partial charge in [0.15, 0.2) is 0 Å². The Kier molecular flexibility index (Phi) is 3.87. The van der Waals surface area contributed by atoms with E-state index in [0.717, 1.165) is 30.2 Å². The second-order valence-electron chi connectivity index (χ2n) is 5.60. The summed E-state index contributed by atoms with van der Waals surface area (Å²) in [5.74, 6) is 2.19. The molecule has 2 atom stereocenters. The molecule has 1 aliphatic heterocycles. The molecule has 0 saturated heterocycles. The van der Waals surface area contributed by atoms with Crippen LogP contribution in [0.2, 0.25) is 0 Å². The zero-order valence-corrected chi connectivity index (χ0v) is 12.2. The van der Waals surface area contributed by atoms with Crippen LogP contribution in [0.25, 0.3) is 0 Å². The Hall–Kier alpha value is -1.62. The number of rotatable bonds is 4. The molecule has 0 fully saturated rings. The molecule has 3 rings (SSSR count). The first kappa shape index (κ1) is 13.4. The monoisotopic (exact) mass is 274 g/mol. The summed E-state index contributed by atoms with van der Waals surface area (Å²) in [6.45, 7) is 5.34. The van der Waals surface area contributed by atoms with Gasteiger partial charge in [0.2, 0.25) is 0 Å². The van der Waals surface area contributed by atoms with Crippen LogP contribution in [-0.2, 0) is 13.0 Å². The Labute approximate surface area is 119 Å². The highest BCUT2D eigenvalue weighted by Crippen LogP contribution is 2.21. The van der Waals surface area contributed by atoms with Gasteiger partial charge in [-0.2, -0.15) is 0 Å². The van der Waals surface area contributed by atoms with Crippen LogP contribution in [0.1, 0.15) is 62.4 Å². The lowest BCUT2D eigenvalue weighted by atomic mass is 10.1. The molecule has 2 aromatic heterocycles. The van der Waals surface area contributed by atoms with Crippen LogP contribution >= 0.6 is 0 Å². The van der Waals surface area contributed by atoms with E-state index in [1.807, 2.05) is 6.07 Å². The Morgan fingerprint density at radius 2 is 2.10 bits per heavy atom. The van der Waals surface area contributed by atoms with E-state index >= 15 is 0 Å². The molecule has 5 nitrogen and oxygen atoms in total. The average Bonchev–Trinajstić information content (AvgIpc) is 3.04. The van der Waals surface area contributed by atoms with E-state index in [0.29, 0.717) is 0 Å². The molecular formula is C15H22N4O. The third-order valence-corrected chi connectivity index (χ3v) is 4.07. The molecule has 1 N–H and O–H groups in total. The van der Waals surface area contributed by atoms with Gasteiger partial charge in [-0.3, -0.25) is 0 Å². The predicted molar refractivity (Wildman–Crippen MR) is 76.3 cm³/mol. The van der Waals surface area contributed by atoms with Gasteiger partial charge < -0.3 is 14.3 Å². The Bertz CT molecular complexity index is 546. The lowest BCUT2D eigenvalue weighted by Crippen LogP contribution is -2.25. The van der Waals surface area contributed by atoms with Gasteiger partial charge in [-0.15, -0.1) is 10.2 Å². The van der Waals surface area contributed by atoms with E-state index < -0.39 is 0 Å². The first-order chi connectivity index (χ1) is 9.75. The summed E-state index contributed by atoms with van der Waals surface area (Å²) in [4.78, 5) is 0. The molecule has 0 aliphatic carbocycles. The summed E-state index contributed by atoms with van der Waals surface area (Å²) in [5.41, 5.74) is 1.16. The molecule has 1 aliphatic rings. The topological polar surface area (TPSA) is 55.9 Å². The number of nitrogens with one attached hydrogen (secondary N) is 1. The van der Waals surface area contributed by atoms with E-state index in [4.69, 9.17) is 4.42 Å². The molecule has 108 valence electrons. The molecule has 0 radical (unpaired) electrons. The van der Waals surface area contributed by atoms with Gasteiger partial charge in [0, 0.05) is 24.6 Å². The molecule has 0 bridgehead atoms. The van der Waals surface area contributed by atoms with Gasteiger partial charge in [0.1, 0.15) is 11.6 Å². The fraction of sp³-hybridized carbons (Fsp3) is 0.600. The first-order valence-electron chi connectivity index (χ1n) is 7.46. The van der Waals surface area contributed by atoms with Gasteiger partial charge in [-0.05, 0) is 32.8 Å². The zero-order valence-electron chi connectivity index (χ0n) is 12.2. The lowest BCUT2D eigenvalue weighted by Gasteiger charge is -2.19. The molecular weight excluding hydrogens is 252 g/mol. The van der Waals surface area contributed by atoms with Crippen LogP contribution in [-0.4, -0.2) is 14.8 Å². The average molecular weight is 274 g/mol. The van der Waals surface area contributed by atoms with Crippen LogP contribution in [0.15, 0.2) is 23.0 Å². The molecule has 0 spiro atoms. The van der Waals surface area contributed by atoms with Crippen molar-refractivity contribution in [3.05, 3.63) is 35.8 Å². The minimum atomic E-state index is 0.180. The fourth-order valence-corrected chi connectivity index (χ4v) is 2.90. The van der Waals surface area contributed by atoms with Gasteiger partial charge >= 0.3 is 0 Å². The molecule has 2 unspecified atom stereocenters. The van der Waals surface area contributed by atoms with Crippen LogP contribution in [0.5, 0.6) is 0 Å². The molecule has 0 amide bonds. The Morgan fingerprint density at radius 1 is 1.20 bits per heavy atom. The quantitative estimate of drug-likeness (QED) is 0.931. The van der Waals surface area contributed by atoms with Gasteiger partial charge in [-0.1, -0.05) is 6.42 Å². The lowest BCUT2D eigenvalue weighted by molar-refractivity contribution is 0.449. The molecule has 0 aromatic carbocycles. The third-order valence-electron chi connectivity index (χ3n) is 4.07. The van der Waals surface area contributed by atoms with E-state index in [9.17, 15) is 0 Å². The number of aryl methyl sites for hydroxylation is 1. The molecule has 20 heavy (non-hydrogen) atoms. The standard InChI is InChI=1S/C15H22N4O/c1-11(13-7-9-20-10-13)16-12(2)15-18-17-14-6-4-3-5-8-19(14)15/h7,9-12,16H,3-6,8H2,1-2H3. The van der Waals surface area contributed by atoms with Crippen molar-refractivity contribution in [1.82, 2.24) is 20.1 Å². The van der Waals surface area contributed by atoms with Gasteiger partial charge in [0.25, 0.3) is 0 Å². The highest BCUT2D eigenvalue weighted by atomic mass is 16.3. The van der Waals surface area contributed by atoms with Crippen LogP contribution in [0.4, 0.5) is 0 Å². The van der Waals surface area contributed by atoms with E-state index in [1.54, 1.807) is 12.5 Å². The first-order valence-corrected chi connectivity index (χ1v) is 7.46. The highest BCUT2D eigenvalue weighted by Gasteiger charge is 2.20. The second kappa shape index (κ2) is 5.79. The second-order valence-corrected chi connectivity index (χ2v) is 5.60. The number of hydrogen-bond acceptors (Lipinski definition) is 4. The van der Waals surface area contributed by atoms with Crippen molar-refractivity contribution >= 4 is 0 Å². The van der Waals surface area contributed by atoms with Crippen molar-refractivity contribution < 1.29 is 4.42 Å². The van der Waals surface area contributed by atoms with E-state index in [-0.39, 0.29) is 12.1 Å². The minimum absolute atomic E-state index is 0.180. The van der Waals surface area contributed by atoms with E-state index in [2.05, 4.69) is 33.9 Å². The number of aromatic nitrogens is 3. The Morgan fingerprint density at radius 3 is 2.90 bits per heavy atom. The normalized spacial score (nSPS) is 18.3.